The largest absolute Gasteiger partial charge is 0.324 e. The maximum Gasteiger partial charge on any atom is 0.112 e. The van der Waals surface area contributed by atoms with Crippen LogP contribution in [0.4, 0.5) is 0 Å². The summed E-state index contributed by atoms with van der Waals surface area (Å²) in [5.41, 5.74) is 8.04. The topological polar surface area (TPSA) is 43.8 Å². The number of fused-ring (bicyclic) bond motifs is 1. The Bertz CT molecular complexity index is 514. The number of benzene rings is 1. The highest BCUT2D eigenvalue weighted by molar-refractivity contribution is 9.10. The molecule has 1 unspecified atom stereocenters. The van der Waals surface area contributed by atoms with Gasteiger partial charge in [-0.15, -0.1) is 0 Å². The Morgan fingerprint density at radius 3 is 2.56 bits per heavy atom. The van der Waals surface area contributed by atoms with Gasteiger partial charge in [0.15, 0.2) is 0 Å². The molecule has 0 amide bonds. The zero-order valence-electron chi connectivity index (χ0n) is 9.74. The lowest BCUT2D eigenvalue weighted by molar-refractivity contribution is 0.526. The summed E-state index contributed by atoms with van der Waals surface area (Å²) < 4.78 is 3.01. The zero-order chi connectivity index (χ0) is 11.9. The van der Waals surface area contributed by atoms with Gasteiger partial charge in [-0.05, 0) is 42.3 Å². The molecule has 2 N–H and O–H groups in total. The van der Waals surface area contributed by atoms with E-state index in [1.54, 1.807) is 0 Å². The van der Waals surface area contributed by atoms with Gasteiger partial charge in [-0.3, -0.25) is 4.68 Å². The fraction of sp³-hybridized carbons (Fsp3) is 0.417. The van der Waals surface area contributed by atoms with E-state index in [0.717, 1.165) is 21.1 Å². The number of nitrogens with zero attached hydrogens (tertiary/aromatic N) is 2. The molecule has 1 aromatic carbocycles. The number of hydrogen-bond donors (Lipinski definition) is 1. The monoisotopic (exact) mass is 281 g/mol. The summed E-state index contributed by atoms with van der Waals surface area (Å²) in [6, 6.07) is 6.47. The number of aromatic nitrogens is 2. The second kappa shape index (κ2) is 4.18. The van der Waals surface area contributed by atoms with Crippen LogP contribution in [0.15, 0.2) is 22.8 Å². The van der Waals surface area contributed by atoms with Crippen LogP contribution >= 0.6 is 15.9 Å². The first-order valence-corrected chi connectivity index (χ1v) is 6.24. The SMILES string of the molecule is CC(N)c1cccc2c(Br)n(C(C)C)nc12. The van der Waals surface area contributed by atoms with Crippen LogP contribution in [0.5, 0.6) is 0 Å². The predicted octanol–water partition coefficient (Wildman–Crippen LogP) is 3.40. The lowest BCUT2D eigenvalue weighted by Gasteiger charge is -2.06. The van der Waals surface area contributed by atoms with Crippen LogP contribution in [-0.2, 0) is 0 Å². The molecule has 0 spiro atoms. The average molecular weight is 282 g/mol. The molecule has 0 aliphatic heterocycles. The Hall–Kier alpha value is -0.870. The van der Waals surface area contributed by atoms with Crippen molar-refractivity contribution in [2.24, 2.45) is 5.73 Å². The lowest BCUT2D eigenvalue weighted by atomic mass is 10.1. The Morgan fingerprint density at radius 2 is 2.00 bits per heavy atom. The van der Waals surface area contributed by atoms with Crippen molar-refractivity contribution in [1.82, 2.24) is 9.78 Å². The minimum absolute atomic E-state index is 0.00566. The van der Waals surface area contributed by atoms with Crippen molar-refractivity contribution in [3.63, 3.8) is 0 Å². The second-order valence-corrected chi connectivity index (χ2v) is 5.11. The van der Waals surface area contributed by atoms with Gasteiger partial charge in [0, 0.05) is 17.5 Å². The van der Waals surface area contributed by atoms with Gasteiger partial charge in [0.1, 0.15) is 4.60 Å². The third-order valence-electron chi connectivity index (χ3n) is 2.68. The highest BCUT2D eigenvalue weighted by atomic mass is 79.9. The van der Waals surface area contributed by atoms with Gasteiger partial charge in [-0.1, -0.05) is 18.2 Å². The highest BCUT2D eigenvalue weighted by Crippen LogP contribution is 2.30. The minimum atomic E-state index is 0.00566. The number of rotatable bonds is 2. The van der Waals surface area contributed by atoms with Gasteiger partial charge in [0.25, 0.3) is 0 Å². The molecule has 3 nitrogen and oxygen atoms in total. The van der Waals surface area contributed by atoms with Crippen molar-refractivity contribution in [3.05, 3.63) is 28.4 Å². The average Bonchev–Trinajstić information content (AvgIpc) is 2.56. The van der Waals surface area contributed by atoms with E-state index in [4.69, 9.17) is 5.73 Å². The minimum Gasteiger partial charge on any atom is -0.324 e. The number of halogens is 1. The molecular weight excluding hydrogens is 266 g/mol. The second-order valence-electron chi connectivity index (χ2n) is 4.36. The summed E-state index contributed by atoms with van der Waals surface area (Å²) in [5, 5.41) is 5.75. The molecule has 0 aliphatic rings. The summed E-state index contributed by atoms with van der Waals surface area (Å²) in [4.78, 5) is 0. The Balaban J connectivity index is 2.75. The van der Waals surface area contributed by atoms with Crippen LogP contribution in [0.25, 0.3) is 10.9 Å². The molecule has 2 rings (SSSR count). The third kappa shape index (κ3) is 1.76. The molecular formula is C12H16BrN3. The van der Waals surface area contributed by atoms with E-state index in [1.165, 1.54) is 0 Å². The predicted molar refractivity (Wildman–Crippen MR) is 70.4 cm³/mol. The van der Waals surface area contributed by atoms with Crippen molar-refractivity contribution in [2.45, 2.75) is 32.9 Å². The van der Waals surface area contributed by atoms with Gasteiger partial charge in [-0.2, -0.15) is 5.10 Å². The van der Waals surface area contributed by atoms with Gasteiger partial charge in [0.05, 0.1) is 5.52 Å². The van der Waals surface area contributed by atoms with Gasteiger partial charge in [0.2, 0.25) is 0 Å². The van der Waals surface area contributed by atoms with E-state index >= 15 is 0 Å². The highest BCUT2D eigenvalue weighted by Gasteiger charge is 2.14. The molecule has 0 saturated carbocycles. The van der Waals surface area contributed by atoms with Crippen LogP contribution in [-0.4, -0.2) is 9.78 Å². The Labute approximate surface area is 104 Å². The third-order valence-corrected chi connectivity index (χ3v) is 3.47. The molecule has 4 heteroatoms. The zero-order valence-corrected chi connectivity index (χ0v) is 11.3. The first-order valence-electron chi connectivity index (χ1n) is 5.44. The van der Waals surface area contributed by atoms with Crippen LogP contribution in [0.1, 0.15) is 38.4 Å². The summed E-state index contributed by atoms with van der Waals surface area (Å²) >= 11 is 3.60. The standard InChI is InChI=1S/C12H16BrN3/c1-7(2)16-12(13)10-6-4-5-9(8(3)14)11(10)15-16/h4-8H,14H2,1-3H3. The van der Waals surface area contributed by atoms with Crippen molar-refractivity contribution in [2.75, 3.05) is 0 Å². The van der Waals surface area contributed by atoms with E-state index in [2.05, 4.69) is 40.9 Å². The van der Waals surface area contributed by atoms with Crippen molar-refractivity contribution < 1.29 is 0 Å². The first kappa shape index (κ1) is 11.6. The van der Waals surface area contributed by atoms with Crippen LogP contribution in [0, 0.1) is 0 Å². The maximum absolute atomic E-state index is 5.95. The molecule has 0 saturated heterocycles. The normalized spacial score (nSPS) is 13.6. The number of hydrogen-bond acceptors (Lipinski definition) is 2. The van der Waals surface area contributed by atoms with Crippen molar-refractivity contribution in [3.8, 4) is 0 Å². The summed E-state index contributed by atoms with van der Waals surface area (Å²) in [5.74, 6) is 0. The molecule has 2 aromatic rings. The molecule has 1 heterocycles. The van der Waals surface area contributed by atoms with Crippen LogP contribution < -0.4 is 5.73 Å². The fourth-order valence-corrected chi connectivity index (χ4v) is 2.63. The van der Waals surface area contributed by atoms with Crippen molar-refractivity contribution >= 4 is 26.8 Å². The molecule has 1 atom stereocenters. The quantitative estimate of drug-likeness (QED) is 0.917. The van der Waals surface area contributed by atoms with Crippen LogP contribution in [0.2, 0.25) is 0 Å². The molecule has 86 valence electrons. The number of nitrogens with two attached hydrogens (primary N) is 1. The Kier molecular flexibility index (Phi) is 3.04. The van der Waals surface area contributed by atoms with E-state index < -0.39 is 0 Å². The smallest absolute Gasteiger partial charge is 0.112 e. The van der Waals surface area contributed by atoms with E-state index in [9.17, 15) is 0 Å². The Morgan fingerprint density at radius 1 is 1.31 bits per heavy atom. The van der Waals surface area contributed by atoms with E-state index in [-0.39, 0.29) is 6.04 Å². The molecule has 0 radical (unpaired) electrons. The first-order chi connectivity index (χ1) is 7.52. The van der Waals surface area contributed by atoms with Crippen LogP contribution in [0.3, 0.4) is 0 Å². The lowest BCUT2D eigenvalue weighted by Crippen LogP contribution is -2.06. The molecule has 0 bridgehead atoms. The molecule has 0 aliphatic carbocycles. The molecule has 1 aromatic heterocycles. The van der Waals surface area contributed by atoms with Crippen molar-refractivity contribution in [1.29, 1.82) is 0 Å². The van der Waals surface area contributed by atoms with Gasteiger partial charge in [-0.25, -0.2) is 0 Å². The van der Waals surface area contributed by atoms with Gasteiger partial charge >= 0.3 is 0 Å². The van der Waals surface area contributed by atoms with E-state index in [0.29, 0.717) is 6.04 Å². The molecule has 0 fully saturated rings. The summed E-state index contributed by atoms with van der Waals surface area (Å²) in [6.45, 7) is 6.21. The summed E-state index contributed by atoms with van der Waals surface area (Å²) in [7, 11) is 0. The fourth-order valence-electron chi connectivity index (χ4n) is 1.82. The summed E-state index contributed by atoms with van der Waals surface area (Å²) in [6.07, 6.45) is 0. The van der Waals surface area contributed by atoms with E-state index in [1.807, 2.05) is 23.7 Å². The maximum atomic E-state index is 5.95. The molecule has 16 heavy (non-hydrogen) atoms. The van der Waals surface area contributed by atoms with Gasteiger partial charge < -0.3 is 5.73 Å².